The first-order valence-electron chi connectivity index (χ1n) is 13.9. The van der Waals surface area contributed by atoms with Gasteiger partial charge >= 0.3 is 12.1 Å². The van der Waals surface area contributed by atoms with E-state index in [-0.39, 0.29) is 29.6 Å². The Balaban J connectivity index is 2.31. The molecule has 0 bridgehead atoms. The van der Waals surface area contributed by atoms with E-state index in [0.717, 1.165) is 6.42 Å². The van der Waals surface area contributed by atoms with Crippen LogP contribution in [0, 0.1) is 23.7 Å². The quantitative estimate of drug-likeness (QED) is 0.237. The molecular weight excluding hydrogens is 502 g/mol. The fourth-order valence-electron chi connectivity index (χ4n) is 4.87. The number of amides is 1. The van der Waals surface area contributed by atoms with Crippen LogP contribution in [-0.4, -0.2) is 62.3 Å². The highest BCUT2D eigenvalue weighted by atomic mass is 16.6. The topological polar surface area (TPSA) is 113 Å². The fraction of sp³-hybridized carbons (Fsp3) is 0.733. The lowest BCUT2D eigenvalue weighted by molar-refractivity contribution is -0.146. The van der Waals surface area contributed by atoms with Crippen LogP contribution in [0.5, 0.6) is 11.5 Å². The number of ether oxygens (including phenoxy) is 5. The number of hydrogen-bond acceptors (Lipinski definition) is 8. The molecular formula is C30H49NO8. The number of rotatable bonds is 14. The molecule has 2 rings (SSSR count). The second-order valence-electron chi connectivity index (χ2n) is 12.0. The summed E-state index contributed by atoms with van der Waals surface area (Å²) in [7, 11) is 3.22. The van der Waals surface area contributed by atoms with Gasteiger partial charge in [0.15, 0.2) is 11.5 Å². The number of aliphatic hydroxyl groups excluding tert-OH is 1. The first kappa shape index (κ1) is 32.7. The number of methoxy groups -OCH3 is 2. The van der Waals surface area contributed by atoms with Gasteiger partial charge in [-0.2, -0.15) is 0 Å². The molecule has 9 heteroatoms. The van der Waals surface area contributed by atoms with Crippen molar-refractivity contribution in [3.63, 3.8) is 0 Å². The average Bonchev–Trinajstić information content (AvgIpc) is 3.24. The molecule has 0 aromatic heterocycles. The van der Waals surface area contributed by atoms with Crippen molar-refractivity contribution in [1.29, 1.82) is 0 Å². The molecule has 2 N–H and O–H groups in total. The Kier molecular flexibility index (Phi) is 12.4. The van der Waals surface area contributed by atoms with Gasteiger partial charge in [0.05, 0.1) is 31.8 Å². The van der Waals surface area contributed by atoms with Gasteiger partial charge < -0.3 is 34.1 Å². The van der Waals surface area contributed by atoms with Crippen molar-refractivity contribution in [1.82, 2.24) is 5.32 Å². The van der Waals surface area contributed by atoms with Crippen molar-refractivity contribution in [3.8, 4) is 11.5 Å². The summed E-state index contributed by atoms with van der Waals surface area (Å²) in [5.41, 5.74) is -0.00279. The zero-order chi connectivity index (χ0) is 29.3. The Bertz CT molecular complexity index is 926. The van der Waals surface area contributed by atoms with Crippen LogP contribution < -0.4 is 14.8 Å². The number of alkyl carbamates (subject to hydrolysis) is 1. The molecule has 1 aromatic carbocycles. The van der Waals surface area contributed by atoms with E-state index in [0.29, 0.717) is 43.1 Å². The lowest BCUT2D eigenvalue weighted by Crippen LogP contribution is -2.47. The van der Waals surface area contributed by atoms with Crippen LogP contribution in [-0.2, 0) is 19.0 Å². The first-order valence-corrected chi connectivity index (χ1v) is 13.9. The van der Waals surface area contributed by atoms with Crippen LogP contribution in [0.2, 0.25) is 0 Å². The van der Waals surface area contributed by atoms with Gasteiger partial charge in [-0.05, 0) is 69.1 Å². The van der Waals surface area contributed by atoms with E-state index >= 15 is 0 Å². The smallest absolute Gasteiger partial charge is 0.408 e. The summed E-state index contributed by atoms with van der Waals surface area (Å²) >= 11 is 0. The highest BCUT2D eigenvalue weighted by Crippen LogP contribution is 2.39. The van der Waals surface area contributed by atoms with E-state index in [1.807, 2.05) is 33.8 Å². The SMILES string of the molecule is COCCCOc1cc([C@@H](O)[C@@H](C[C@H](NC(=O)OC(C)(C)C)C2CC(C(C)C)C(=O)O2)C(C)C)ccc1OC. The summed E-state index contributed by atoms with van der Waals surface area (Å²) in [4.78, 5) is 25.4. The Morgan fingerprint density at radius 1 is 1.13 bits per heavy atom. The number of benzene rings is 1. The molecule has 5 atom stereocenters. The maximum absolute atomic E-state index is 12.8. The third-order valence-corrected chi connectivity index (χ3v) is 7.08. The molecule has 2 unspecified atom stereocenters. The van der Waals surface area contributed by atoms with Crippen LogP contribution in [0.15, 0.2) is 18.2 Å². The van der Waals surface area contributed by atoms with Crippen molar-refractivity contribution in [3.05, 3.63) is 23.8 Å². The summed E-state index contributed by atoms with van der Waals surface area (Å²) in [5.74, 6) is 0.535. The summed E-state index contributed by atoms with van der Waals surface area (Å²) in [6.07, 6.45) is -0.350. The number of carbonyl (C=O) groups excluding carboxylic acids is 2. The molecule has 0 saturated carbocycles. The third kappa shape index (κ3) is 9.87. The molecule has 1 amide bonds. The van der Waals surface area contributed by atoms with E-state index in [9.17, 15) is 14.7 Å². The summed E-state index contributed by atoms with van der Waals surface area (Å²) in [5, 5.41) is 14.5. The zero-order valence-corrected chi connectivity index (χ0v) is 25.1. The van der Waals surface area contributed by atoms with E-state index < -0.39 is 29.9 Å². The van der Waals surface area contributed by atoms with Crippen LogP contribution in [0.3, 0.4) is 0 Å². The molecule has 0 radical (unpaired) electrons. The molecule has 1 saturated heterocycles. The Morgan fingerprint density at radius 3 is 2.36 bits per heavy atom. The molecule has 39 heavy (non-hydrogen) atoms. The second-order valence-corrected chi connectivity index (χ2v) is 12.0. The molecule has 9 nitrogen and oxygen atoms in total. The predicted octanol–water partition coefficient (Wildman–Crippen LogP) is 5.29. The lowest BCUT2D eigenvalue weighted by Gasteiger charge is -2.33. The van der Waals surface area contributed by atoms with Crippen molar-refractivity contribution in [2.45, 2.75) is 91.6 Å². The molecule has 1 aliphatic rings. The number of nitrogens with one attached hydrogen (secondary N) is 1. The van der Waals surface area contributed by atoms with Crippen LogP contribution >= 0.6 is 0 Å². The Hall–Kier alpha value is -2.52. The molecule has 1 fully saturated rings. The van der Waals surface area contributed by atoms with Gasteiger partial charge in [0.1, 0.15) is 11.7 Å². The zero-order valence-electron chi connectivity index (χ0n) is 25.1. The largest absolute Gasteiger partial charge is 0.493 e. The molecule has 222 valence electrons. The normalized spacial score (nSPS) is 19.9. The molecule has 1 aromatic rings. The molecule has 1 aliphatic heterocycles. The minimum atomic E-state index is -0.863. The molecule has 0 spiro atoms. The third-order valence-electron chi connectivity index (χ3n) is 7.08. The van der Waals surface area contributed by atoms with E-state index in [1.54, 1.807) is 47.1 Å². The summed E-state index contributed by atoms with van der Waals surface area (Å²) in [6.45, 7) is 14.5. The van der Waals surface area contributed by atoms with Crippen LogP contribution in [0.1, 0.15) is 79.4 Å². The van der Waals surface area contributed by atoms with Gasteiger partial charge in [-0.3, -0.25) is 4.79 Å². The standard InChI is InChI=1S/C30H49NO8/c1-18(2)21(27(32)20-11-12-24(36-9)26(15-20)37-14-10-13-35-8)16-23(31-29(34)39-30(5,6)7)25-17-22(19(3)4)28(33)38-25/h11-12,15,18-19,21-23,25,27,32H,10,13-14,16-17H2,1-9H3,(H,31,34)/t21-,22?,23-,25?,27+/m0/s1. The maximum Gasteiger partial charge on any atom is 0.408 e. The molecule has 0 aliphatic carbocycles. The van der Waals surface area contributed by atoms with Gasteiger partial charge in [-0.25, -0.2) is 4.79 Å². The van der Waals surface area contributed by atoms with Gasteiger partial charge in [0.25, 0.3) is 0 Å². The number of cyclic esters (lactones) is 1. The summed E-state index contributed by atoms with van der Waals surface area (Å²) in [6, 6.07) is 4.87. The molecule has 1 heterocycles. The van der Waals surface area contributed by atoms with Crippen molar-refractivity contribution >= 4 is 12.1 Å². The van der Waals surface area contributed by atoms with Crippen molar-refractivity contribution in [2.75, 3.05) is 27.4 Å². The lowest BCUT2D eigenvalue weighted by atomic mass is 9.80. The minimum Gasteiger partial charge on any atom is -0.493 e. The van der Waals surface area contributed by atoms with Gasteiger partial charge in [-0.15, -0.1) is 0 Å². The maximum atomic E-state index is 12.8. The van der Waals surface area contributed by atoms with E-state index in [2.05, 4.69) is 5.32 Å². The number of aliphatic hydroxyl groups is 1. The predicted molar refractivity (Wildman–Crippen MR) is 149 cm³/mol. The van der Waals surface area contributed by atoms with Gasteiger partial charge in [0.2, 0.25) is 0 Å². The van der Waals surface area contributed by atoms with Gasteiger partial charge in [-0.1, -0.05) is 33.8 Å². The highest BCUT2D eigenvalue weighted by Gasteiger charge is 2.43. The van der Waals surface area contributed by atoms with E-state index in [4.69, 9.17) is 23.7 Å². The first-order chi connectivity index (χ1) is 18.3. The fourth-order valence-corrected chi connectivity index (χ4v) is 4.87. The van der Waals surface area contributed by atoms with Crippen LogP contribution in [0.25, 0.3) is 0 Å². The number of hydrogen-bond donors (Lipinski definition) is 2. The Morgan fingerprint density at radius 2 is 1.82 bits per heavy atom. The number of esters is 1. The van der Waals surface area contributed by atoms with E-state index in [1.165, 1.54) is 0 Å². The van der Waals surface area contributed by atoms with Gasteiger partial charge in [0, 0.05) is 20.1 Å². The average molecular weight is 552 g/mol. The van der Waals surface area contributed by atoms with Crippen molar-refractivity contribution in [2.24, 2.45) is 23.7 Å². The number of carbonyl (C=O) groups is 2. The van der Waals surface area contributed by atoms with Crippen molar-refractivity contribution < 1.29 is 38.4 Å². The van der Waals surface area contributed by atoms with Crippen LogP contribution in [0.4, 0.5) is 4.79 Å². The highest BCUT2D eigenvalue weighted by molar-refractivity contribution is 5.75. The monoisotopic (exact) mass is 551 g/mol. The minimum absolute atomic E-state index is 0.0501. The summed E-state index contributed by atoms with van der Waals surface area (Å²) < 4.78 is 27.8. The second kappa shape index (κ2) is 14.7. The Labute approximate surface area is 233 Å².